The number of rotatable bonds is 7. The van der Waals surface area contributed by atoms with Crippen LogP contribution in [-0.4, -0.2) is 26.4 Å². The van der Waals surface area contributed by atoms with Gasteiger partial charge in [0.15, 0.2) is 0 Å². The summed E-state index contributed by atoms with van der Waals surface area (Å²) in [4.78, 5) is 0. The average Bonchev–Trinajstić information content (AvgIpc) is 2.28. The molecule has 1 aromatic carbocycles. The Balaban J connectivity index is 2.57. The van der Waals surface area contributed by atoms with Gasteiger partial charge in [-0.2, -0.15) is 0 Å². The van der Waals surface area contributed by atoms with Gasteiger partial charge in [0.1, 0.15) is 5.75 Å². The summed E-state index contributed by atoms with van der Waals surface area (Å²) in [6.07, 6.45) is 0.210. The van der Waals surface area contributed by atoms with E-state index in [2.05, 4.69) is 24.4 Å². The van der Waals surface area contributed by atoms with E-state index in [4.69, 9.17) is 9.47 Å². The van der Waals surface area contributed by atoms with Crippen molar-refractivity contribution in [1.29, 1.82) is 0 Å². The fourth-order valence-electron chi connectivity index (χ4n) is 1.62. The monoisotopic (exact) mass is 237 g/mol. The van der Waals surface area contributed by atoms with Gasteiger partial charge in [-0.1, -0.05) is 12.1 Å². The predicted molar refractivity (Wildman–Crippen MR) is 70.5 cm³/mol. The first-order valence-electron chi connectivity index (χ1n) is 6.12. The van der Waals surface area contributed by atoms with E-state index in [-0.39, 0.29) is 6.10 Å². The van der Waals surface area contributed by atoms with Crippen LogP contribution in [0, 0.1) is 0 Å². The maximum atomic E-state index is 5.68. The second-order valence-electron chi connectivity index (χ2n) is 4.41. The average molecular weight is 237 g/mol. The maximum Gasteiger partial charge on any atom is 0.120 e. The molecular weight excluding hydrogens is 214 g/mol. The van der Waals surface area contributed by atoms with Crippen molar-refractivity contribution in [2.45, 2.75) is 32.9 Å². The summed E-state index contributed by atoms with van der Waals surface area (Å²) in [6, 6.07) is 8.52. The minimum Gasteiger partial charge on any atom is -0.491 e. The minimum absolute atomic E-state index is 0.210. The van der Waals surface area contributed by atoms with Gasteiger partial charge in [0.2, 0.25) is 0 Å². The molecule has 1 rings (SSSR count). The van der Waals surface area contributed by atoms with E-state index >= 15 is 0 Å². The second kappa shape index (κ2) is 7.30. The molecule has 3 heteroatoms. The van der Waals surface area contributed by atoms with Crippen molar-refractivity contribution in [3.63, 3.8) is 0 Å². The summed E-state index contributed by atoms with van der Waals surface area (Å²) in [5.74, 6) is 0.929. The molecule has 1 N–H and O–H groups in total. The van der Waals surface area contributed by atoms with Gasteiger partial charge in [-0.25, -0.2) is 0 Å². The fourth-order valence-corrected chi connectivity index (χ4v) is 1.62. The molecule has 1 atom stereocenters. The summed E-state index contributed by atoms with van der Waals surface area (Å²) >= 11 is 0. The highest BCUT2D eigenvalue weighted by molar-refractivity contribution is 5.30. The summed E-state index contributed by atoms with van der Waals surface area (Å²) in [5.41, 5.74) is 1.24. The molecule has 1 aromatic rings. The highest BCUT2D eigenvalue weighted by Crippen LogP contribution is 2.19. The topological polar surface area (TPSA) is 30.5 Å². The molecule has 0 saturated carbocycles. The Labute approximate surface area is 104 Å². The highest BCUT2D eigenvalue weighted by atomic mass is 16.5. The van der Waals surface area contributed by atoms with Crippen LogP contribution in [0.5, 0.6) is 5.75 Å². The minimum atomic E-state index is 0.210. The Morgan fingerprint density at radius 3 is 2.65 bits per heavy atom. The van der Waals surface area contributed by atoms with Crippen LogP contribution in [0.15, 0.2) is 24.3 Å². The molecule has 0 bridgehead atoms. The van der Waals surface area contributed by atoms with Crippen LogP contribution in [0.25, 0.3) is 0 Å². The molecule has 0 radical (unpaired) electrons. The van der Waals surface area contributed by atoms with Crippen molar-refractivity contribution in [3.05, 3.63) is 29.8 Å². The van der Waals surface area contributed by atoms with Gasteiger partial charge in [0.25, 0.3) is 0 Å². The van der Waals surface area contributed by atoms with Gasteiger partial charge in [-0.05, 0) is 38.5 Å². The summed E-state index contributed by atoms with van der Waals surface area (Å²) in [7, 11) is 1.71. The first kappa shape index (κ1) is 14.0. The Morgan fingerprint density at radius 2 is 2.00 bits per heavy atom. The quantitative estimate of drug-likeness (QED) is 0.740. The maximum absolute atomic E-state index is 5.68. The van der Waals surface area contributed by atoms with Crippen LogP contribution in [0.3, 0.4) is 0 Å². The zero-order valence-corrected chi connectivity index (χ0v) is 11.2. The van der Waals surface area contributed by atoms with E-state index in [1.165, 1.54) is 5.56 Å². The Hall–Kier alpha value is -1.06. The molecule has 0 spiro atoms. The summed E-state index contributed by atoms with van der Waals surface area (Å²) < 4.78 is 10.7. The molecule has 0 aromatic heterocycles. The zero-order valence-electron chi connectivity index (χ0n) is 11.2. The van der Waals surface area contributed by atoms with E-state index in [1.54, 1.807) is 7.11 Å². The number of hydrogen-bond acceptors (Lipinski definition) is 3. The largest absolute Gasteiger partial charge is 0.491 e. The van der Waals surface area contributed by atoms with Gasteiger partial charge in [0.05, 0.1) is 12.7 Å². The lowest BCUT2D eigenvalue weighted by Crippen LogP contribution is -2.22. The van der Waals surface area contributed by atoms with E-state index in [1.807, 2.05) is 26.0 Å². The van der Waals surface area contributed by atoms with Crippen molar-refractivity contribution < 1.29 is 9.47 Å². The SMILES string of the molecule is COCCN[C@@H](C)c1cccc(OC(C)C)c1. The number of benzene rings is 1. The van der Waals surface area contributed by atoms with Crippen molar-refractivity contribution in [3.8, 4) is 5.75 Å². The standard InChI is InChI=1S/C14H23NO2/c1-11(2)17-14-7-5-6-13(10-14)12(3)15-8-9-16-4/h5-7,10-12,15H,8-9H2,1-4H3/t12-/m0/s1. The molecule has 0 aliphatic rings. The third-order valence-corrected chi connectivity index (χ3v) is 2.49. The fraction of sp³-hybridized carbons (Fsp3) is 0.571. The summed E-state index contributed by atoms with van der Waals surface area (Å²) in [6.45, 7) is 7.80. The second-order valence-corrected chi connectivity index (χ2v) is 4.41. The van der Waals surface area contributed by atoms with Gasteiger partial charge in [-0.3, -0.25) is 0 Å². The van der Waals surface area contributed by atoms with E-state index in [9.17, 15) is 0 Å². The van der Waals surface area contributed by atoms with Crippen molar-refractivity contribution in [1.82, 2.24) is 5.32 Å². The molecule has 96 valence electrons. The molecule has 0 saturated heterocycles. The van der Waals surface area contributed by atoms with Crippen LogP contribution in [0.4, 0.5) is 0 Å². The lowest BCUT2D eigenvalue weighted by atomic mass is 10.1. The van der Waals surface area contributed by atoms with Crippen LogP contribution >= 0.6 is 0 Å². The Morgan fingerprint density at radius 1 is 1.24 bits per heavy atom. The first-order chi connectivity index (χ1) is 8.13. The molecular formula is C14H23NO2. The highest BCUT2D eigenvalue weighted by Gasteiger charge is 2.06. The molecule has 0 amide bonds. The van der Waals surface area contributed by atoms with Crippen molar-refractivity contribution >= 4 is 0 Å². The van der Waals surface area contributed by atoms with Gasteiger partial charge in [-0.15, -0.1) is 0 Å². The molecule has 0 unspecified atom stereocenters. The molecule has 3 nitrogen and oxygen atoms in total. The van der Waals surface area contributed by atoms with Gasteiger partial charge in [0, 0.05) is 19.7 Å². The van der Waals surface area contributed by atoms with E-state index < -0.39 is 0 Å². The third kappa shape index (κ3) is 5.20. The smallest absolute Gasteiger partial charge is 0.120 e. The normalized spacial score (nSPS) is 12.8. The van der Waals surface area contributed by atoms with Gasteiger partial charge < -0.3 is 14.8 Å². The van der Waals surface area contributed by atoms with E-state index in [0.29, 0.717) is 6.04 Å². The number of methoxy groups -OCH3 is 1. The number of ether oxygens (including phenoxy) is 2. The van der Waals surface area contributed by atoms with Crippen LogP contribution < -0.4 is 10.1 Å². The zero-order chi connectivity index (χ0) is 12.7. The van der Waals surface area contributed by atoms with Gasteiger partial charge >= 0.3 is 0 Å². The first-order valence-corrected chi connectivity index (χ1v) is 6.12. The summed E-state index contributed by atoms with van der Waals surface area (Å²) in [5, 5.41) is 3.40. The molecule has 0 aliphatic carbocycles. The Bertz CT molecular complexity index is 326. The number of nitrogens with one attached hydrogen (secondary N) is 1. The third-order valence-electron chi connectivity index (χ3n) is 2.49. The lowest BCUT2D eigenvalue weighted by molar-refractivity contribution is 0.196. The van der Waals surface area contributed by atoms with Crippen LogP contribution in [0.1, 0.15) is 32.4 Å². The predicted octanol–water partition coefficient (Wildman–Crippen LogP) is 2.77. The molecule has 0 fully saturated rings. The number of hydrogen-bond donors (Lipinski definition) is 1. The molecule has 17 heavy (non-hydrogen) atoms. The lowest BCUT2D eigenvalue weighted by Gasteiger charge is -2.16. The molecule has 0 heterocycles. The molecule has 0 aliphatic heterocycles. The van der Waals surface area contributed by atoms with Crippen LogP contribution in [0.2, 0.25) is 0 Å². The van der Waals surface area contributed by atoms with Crippen molar-refractivity contribution in [2.24, 2.45) is 0 Å². The van der Waals surface area contributed by atoms with Crippen molar-refractivity contribution in [2.75, 3.05) is 20.3 Å². The van der Waals surface area contributed by atoms with E-state index in [0.717, 1.165) is 18.9 Å². The Kier molecular flexibility index (Phi) is 6.01. The van der Waals surface area contributed by atoms with Crippen LogP contribution in [-0.2, 0) is 4.74 Å².